The number of carbonyl (C=O) groups is 1. The van der Waals surface area contributed by atoms with Crippen molar-refractivity contribution in [3.8, 4) is 0 Å². The van der Waals surface area contributed by atoms with Gasteiger partial charge in [0.2, 0.25) is 15.9 Å². The van der Waals surface area contributed by atoms with Crippen LogP contribution in [0.25, 0.3) is 11.0 Å². The van der Waals surface area contributed by atoms with Crippen molar-refractivity contribution < 1.29 is 13.2 Å². The van der Waals surface area contributed by atoms with Gasteiger partial charge < -0.3 is 5.32 Å². The van der Waals surface area contributed by atoms with E-state index in [4.69, 9.17) is 11.6 Å². The summed E-state index contributed by atoms with van der Waals surface area (Å²) in [5, 5.41) is 11.3. The predicted molar refractivity (Wildman–Crippen MR) is 108 cm³/mol. The van der Waals surface area contributed by atoms with Crippen molar-refractivity contribution in [2.45, 2.75) is 30.7 Å². The number of hydrogen-bond donors (Lipinski definition) is 1. The van der Waals surface area contributed by atoms with Crippen molar-refractivity contribution in [3.63, 3.8) is 0 Å². The van der Waals surface area contributed by atoms with Crippen LogP contribution in [0.4, 0.5) is 5.82 Å². The standard InChI is InChI=1S/C18H19ClN6O3S/c19-13-3-6-17(20-12-13)21-18(26)7-10-25-16-5-4-14(11-15(16)22-23-25)29(27,28)24-8-1-2-9-24/h3-6,11-12H,1-2,7-10H2,(H,20,21,26). The maximum Gasteiger partial charge on any atom is 0.243 e. The Morgan fingerprint density at radius 1 is 1.17 bits per heavy atom. The van der Waals surface area contributed by atoms with Gasteiger partial charge in [0.1, 0.15) is 11.3 Å². The molecular formula is C18H19ClN6O3S. The number of halogens is 1. The first-order valence-electron chi connectivity index (χ1n) is 9.18. The van der Waals surface area contributed by atoms with Gasteiger partial charge in [-0.2, -0.15) is 4.31 Å². The normalized spacial score (nSPS) is 15.1. The molecule has 29 heavy (non-hydrogen) atoms. The lowest BCUT2D eigenvalue weighted by Crippen LogP contribution is -2.27. The van der Waals surface area contributed by atoms with Crippen LogP contribution in [-0.4, -0.2) is 51.7 Å². The van der Waals surface area contributed by atoms with Crippen molar-refractivity contribution >= 4 is 44.4 Å². The molecule has 0 unspecified atom stereocenters. The minimum atomic E-state index is -3.51. The Morgan fingerprint density at radius 2 is 1.97 bits per heavy atom. The Labute approximate surface area is 172 Å². The zero-order valence-corrected chi connectivity index (χ0v) is 17.0. The van der Waals surface area contributed by atoms with Gasteiger partial charge >= 0.3 is 0 Å². The average Bonchev–Trinajstić information content (AvgIpc) is 3.38. The summed E-state index contributed by atoms with van der Waals surface area (Å²) in [6.07, 6.45) is 3.38. The summed E-state index contributed by atoms with van der Waals surface area (Å²) in [7, 11) is -3.51. The zero-order chi connectivity index (χ0) is 20.4. The van der Waals surface area contributed by atoms with Crippen LogP contribution in [0.2, 0.25) is 5.02 Å². The third-order valence-corrected chi connectivity index (χ3v) is 6.85. The molecule has 11 heteroatoms. The van der Waals surface area contributed by atoms with E-state index in [2.05, 4.69) is 20.6 Å². The van der Waals surface area contributed by atoms with Crippen LogP contribution < -0.4 is 5.32 Å². The first-order valence-corrected chi connectivity index (χ1v) is 11.0. The molecule has 3 aromatic rings. The van der Waals surface area contributed by atoms with Crippen LogP contribution in [0.15, 0.2) is 41.4 Å². The average molecular weight is 435 g/mol. The SMILES string of the molecule is O=C(CCn1nnc2cc(S(=O)(=O)N3CCCC3)ccc21)Nc1ccc(Cl)cn1. The number of sulfonamides is 1. The molecule has 9 nitrogen and oxygen atoms in total. The molecule has 152 valence electrons. The lowest BCUT2D eigenvalue weighted by Gasteiger charge is -2.15. The number of anilines is 1. The van der Waals surface area contributed by atoms with Gasteiger partial charge in [-0.1, -0.05) is 16.8 Å². The fourth-order valence-electron chi connectivity index (χ4n) is 3.22. The van der Waals surface area contributed by atoms with Gasteiger partial charge in [0, 0.05) is 25.7 Å². The van der Waals surface area contributed by atoms with Gasteiger partial charge in [-0.15, -0.1) is 5.10 Å². The Bertz CT molecular complexity index is 1140. The van der Waals surface area contributed by atoms with Gasteiger partial charge in [0.25, 0.3) is 0 Å². The lowest BCUT2D eigenvalue weighted by atomic mass is 10.3. The Hall–Kier alpha value is -2.56. The second-order valence-corrected chi connectivity index (χ2v) is 9.11. The second kappa shape index (κ2) is 8.05. The number of aromatic nitrogens is 4. The van der Waals surface area contributed by atoms with Crippen LogP contribution in [0, 0.1) is 0 Å². The number of hydrogen-bond acceptors (Lipinski definition) is 6. The molecule has 1 N–H and O–H groups in total. The van der Waals surface area contributed by atoms with E-state index in [1.165, 1.54) is 16.6 Å². The van der Waals surface area contributed by atoms with Gasteiger partial charge in [0.15, 0.2) is 0 Å². The summed E-state index contributed by atoms with van der Waals surface area (Å²) in [6, 6.07) is 8.03. The van der Waals surface area contributed by atoms with Crippen LogP contribution in [0.1, 0.15) is 19.3 Å². The quantitative estimate of drug-likeness (QED) is 0.637. The molecular weight excluding hydrogens is 416 g/mol. The molecule has 0 bridgehead atoms. The fourth-order valence-corrected chi connectivity index (χ4v) is 4.87. The van der Waals surface area contributed by atoms with E-state index in [9.17, 15) is 13.2 Å². The zero-order valence-electron chi connectivity index (χ0n) is 15.5. The highest BCUT2D eigenvalue weighted by atomic mass is 35.5. The molecule has 3 heterocycles. The summed E-state index contributed by atoms with van der Waals surface area (Å²) in [5.41, 5.74) is 1.15. The molecule has 2 aromatic heterocycles. The van der Waals surface area contributed by atoms with Gasteiger partial charge in [0.05, 0.1) is 22.0 Å². The minimum absolute atomic E-state index is 0.163. The summed E-state index contributed by atoms with van der Waals surface area (Å²) >= 11 is 5.77. The number of nitrogens with one attached hydrogen (secondary N) is 1. The van der Waals surface area contributed by atoms with Crippen LogP contribution in [0.3, 0.4) is 0 Å². The molecule has 1 saturated heterocycles. The van der Waals surface area contributed by atoms with Crippen molar-refractivity contribution in [1.82, 2.24) is 24.3 Å². The molecule has 1 fully saturated rings. The second-order valence-electron chi connectivity index (χ2n) is 6.73. The number of pyridine rings is 1. The van der Waals surface area contributed by atoms with E-state index in [0.717, 1.165) is 12.8 Å². The molecule has 1 aromatic carbocycles. The highest BCUT2D eigenvalue weighted by Crippen LogP contribution is 2.23. The number of rotatable bonds is 6. The van der Waals surface area contributed by atoms with Crippen LogP contribution in [0.5, 0.6) is 0 Å². The Morgan fingerprint density at radius 3 is 2.69 bits per heavy atom. The highest BCUT2D eigenvalue weighted by Gasteiger charge is 2.27. The molecule has 1 aliphatic heterocycles. The maximum atomic E-state index is 12.7. The van der Waals surface area contributed by atoms with E-state index >= 15 is 0 Å². The number of carbonyl (C=O) groups excluding carboxylic acids is 1. The summed E-state index contributed by atoms with van der Waals surface area (Å²) in [4.78, 5) is 16.4. The van der Waals surface area contributed by atoms with E-state index in [0.29, 0.717) is 41.5 Å². The molecule has 0 aliphatic carbocycles. The first-order chi connectivity index (χ1) is 13.9. The van der Waals surface area contributed by atoms with Gasteiger partial charge in [-0.3, -0.25) is 4.79 Å². The highest BCUT2D eigenvalue weighted by molar-refractivity contribution is 7.89. The van der Waals surface area contributed by atoms with E-state index < -0.39 is 10.0 Å². The molecule has 0 radical (unpaired) electrons. The lowest BCUT2D eigenvalue weighted by molar-refractivity contribution is -0.116. The molecule has 1 aliphatic rings. The molecule has 0 spiro atoms. The topological polar surface area (TPSA) is 110 Å². The largest absolute Gasteiger partial charge is 0.311 e. The van der Waals surface area contributed by atoms with Crippen molar-refractivity contribution in [2.75, 3.05) is 18.4 Å². The molecule has 0 atom stereocenters. The molecule has 1 amide bonds. The number of amides is 1. The van der Waals surface area contributed by atoms with Gasteiger partial charge in [-0.25, -0.2) is 18.1 Å². The van der Waals surface area contributed by atoms with Crippen LogP contribution in [-0.2, 0) is 21.4 Å². The predicted octanol–water partition coefficient (Wildman–Crippen LogP) is 2.29. The third kappa shape index (κ3) is 4.24. The summed E-state index contributed by atoms with van der Waals surface area (Å²) < 4.78 is 28.5. The fraction of sp³-hybridized carbons (Fsp3) is 0.333. The third-order valence-electron chi connectivity index (χ3n) is 4.73. The van der Waals surface area contributed by atoms with Crippen molar-refractivity contribution in [2.24, 2.45) is 0 Å². The minimum Gasteiger partial charge on any atom is -0.311 e. The van der Waals surface area contributed by atoms with Crippen molar-refractivity contribution in [1.29, 1.82) is 0 Å². The summed E-state index contributed by atoms with van der Waals surface area (Å²) in [5.74, 6) is 0.191. The molecule has 4 rings (SSSR count). The number of fused-ring (bicyclic) bond motifs is 1. The van der Waals surface area contributed by atoms with Crippen LogP contribution >= 0.6 is 11.6 Å². The smallest absolute Gasteiger partial charge is 0.243 e. The number of aryl methyl sites for hydroxylation is 1. The Kier molecular flexibility index (Phi) is 5.48. The first kappa shape index (κ1) is 19.7. The molecule has 0 saturated carbocycles. The maximum absolute atomic E-state index is 12.7. The number of nitrogens with zero attached hydrogens (tertiary/aromatic N) is 5. The van der Waals surface area contributed by atoms with E-state index in [1.54, 1.807) is 28.9 Å². The number of benzene rings is 1. The van der Waals surface area contributed by atoms with Crippen molar-refractivity contribution in [3.05, 3.63) is 41.6 Å². The summed E-state index contributed by atoms with van der Waals surface area (Å²) in [6.45, 7) is 1.39. The van der Waals surface area contributed by atoms with Gasteiger partial charge in [-0.05, 0) is 43.2 Å². The van der Waals surface area contributed by atoms with E-state index in [1.807, 2.05) is 0 Å². The Balaban J connectivity index is 1.45. The monoisotopic (exact) mass is 434 g/mol. The van der Waals surface area contributed by atoms with E-state index in [-0.39, 0.29) is 17.2 Å².